The Morgan fingerprint density at radius 2 is 1.96 bits per heavy atom. The van der Waals surface area contributed by atoms with Crippen LogP contribution in [0.2, 0.25) is 0 Å². The van der Waals surface area contributed by atoms with Gasteiger partial charge in [0.25, 0.3) is 5.91 Å². The van der Waals surface area contributed by atoms with E-state index in [0.29, 0.717) is 12.3 Å². The van der Waals surface area contributed by atoms with Crippen LogP contribution in [0.1, 0.15) is 46.6 Å². The van der Waals surface area contributed by atoms with Gasteiger partial charge in [-0.25, -0.2) is 4.79 Å². The van der Waals surface area contributed by atoms with Crippen molar-refractivity contribution in [1.82, 2.24) is 4.90 Å². The molecule has 1 heterocycles. The lowest BCUT2D eigenvalue weighted by molar-refractivity contribution is 0.0634. The van der Waals surface area contributed by atoms with Gasteiger partial charge in [-0.3, -0.25) is 4.79 Å². The highest BCUT2D eigenvalue weighted by molar-refractivity contribution is 5.93. The van der Waals surface area contributed by atoms with E-state index < -0.39 is 5.97 Å². The van der Waals surface area contributed by atoms with Crippen molar-refractivity contribution >= 4 is 11.9 Å². The van der Waals surface area contributed by atoms with E-state index >= 15 is 0 Å². The van der Waals surface area contributed by atoms with Crippen molar-refractivity contribution in [2.75, 3.05) is 13.7 Å². The number of amides is 1. The first-order valence-corrected chi connectivity index (χ1v) is 7.26. The van der Waals surface area contributed by atoms with E-state index in [9.17, 15) is 9.59 Å². The predicted octanol–water partition coefficient (Wildman–Crippen LogP) is 3.21. The summed E-state index contributed by atoms with van der Waals surface area (Å²) in [6.07, 6.45) is 0. The minimum absolute atomic E-state index is 0.0130. The van der Waals surface area contributed by atoms with Gasteiger partial charge in [0.1, 0.15) is 5.75 Å². The van der Waals surface area contributed by atoms with E-state index in [2.05, 4.69) is 0 Å². The summed E-state index contributed by atoms with van der Waals surface area (Å²) in [5.74, 6) is -1.08. The van der Waals surface area contributed by atoms with Crippen LogP contribution < -0.4 is 4.74 Å². The first-order valence-electron chi connectivity index (χ1n) is 7.26. The third-order valence-corrected chi connectivity index (χ3v) is 3.67. The van der Waals surface area contributed by atoms with Gasteiger partial charge in [0.15, 0.2) is 5.76 Å². The Kier molecular flexibility index (Phi) is 5.05. The monoisotopic (exact) mass is 317 g/mol. The summed E-state index contributed by atoms with van der Waals surface area (Å²) in [6.45, 7) is 4.22. The van der Waals surface area contributed by atoms with Gasteiger partial charge in [0, 0.05) is 6.54 Å². The third-order valence-electron chi connectivity index (χ3n) is 3.67. The first kappa shape index (κ1) is 16.6. The molecule has 0 saturated heterocycles. The Bertz CT molecular complexity index is 707. The van der Waals surface area contributed by atoms with Gasteiger partial charge in [-0.15, -0.1) is 0 Å². The second-order valence-corrected chi connectivity index (χ2v) is 5.01. The molecule has 0 bridgehead atoms. The van der Waals surface area contributed by atoms with Crippen LogP contribution in [0, 0.1) is 0 Å². The SMILES string of the molecule is CCN(C(=O)c1ccc(C(=O)O)o1)C(C)c1cccc(OC)c1. The maximum Gasteiger partial charge on any atom is 0.371 e. The third kappa shape index (κ3) is 3.53. The van der Waals surface area contributed by atoms with Crippen LogP contribution >= 0.6 is 0 Å². The fraction of sp³-hybridized carbons (Fsp3) is 0.294. The topological polar surface area (TPSA) is 80.0 Å². The van der Waals surface area contributed by atoms with Crippen LogP contribution in [0.5, 0.6) is 5.75 Å². The summed E-state index contributed by atoms with van der Waals surface area (Å²) in [4.78, 5) is 25.1. The second kappa shape index (κ2) is 7.00. The van der Waals surface area contributed by atoms with Crippen LogP contribution in [0.3, 0.4) is 0 Å². The molecule has 1 unspecified atom stereocenters. The number of carboxylic acid groups (broad SMARTS) is 1. The van der Waals surface area contributed by atoms with Gasteiger partial charge in [0.2, 0.25) is 5.76 Å². The number of ether oxygens (including phenoxy) is 1. The van der Waals surface area contributed by atoms with Gasteiger partial charge in [0.05, 0.1) is 13.2 Å². The highest BCUT2D eigenvalue weighted by Gasteiger charge is 2.25. The largest absolute Gasteiger partial charge is 0.497 e. The summed E-state index contributed by atoms with van der Waals surface area (Å²) in [5, 5.41) is 8.89. The molecule has 2 aromatic rings. The molecule has 0 saturated carbocycles. The molecule has 0 spiro atoms. The number of benzene rings is 1. The molecule has 1 N–H and O–H groups in total. The van der Waals surface area contributed by atoms with Gasteiger partial charge in [-0.1, -0.05) is 12.1 Å². The number of rotatable bonds is 6. The molecule has 6 heteroatoms. The Labute approximate surface area is 134 Å². The molecular weight excluding hydrogens is 298 g/mol. The Morgan fingerprint density at radius 3 is 2.52 bits per heavy atom. The average Bonchev–Trinajstić information content (AvgIpc) is 3.05. The standard InChI is InChI=1S/C17H19NO5/c1-4-18(11(2)12-6-5-7-13(10-12)22-3)16(19)14-8-9-15(23-14)17(20)21/h5-11H,4H2,1-3H3,(H,20,21). The number of nitrogens with zero attached hydrogens (tertiary/aromatic N) is 1. The molecule has 122 valence electrons. The van der Waals surface area contributed by atoms with Crippen LogP contribution in [0.4, 0.5) is 0 Å². The van der Waals surface area contributed by atoms with Crippen molar-refractivity contribution in [3.05, 3.63) is 53.5 Å². The number of carboxylic acids is 1. The van der Waals surface area contributed by atoms with Crippen molar-refractivity contribution < 1.29 is 23.8 Å². The lowest BCUT2D eigenvalue weighted by Crippen LogP contribution is -2.33. The smallest absolute Gasteiger partial charge is 0.371 e. The van der Waals surface area contributed by atoms with Crippen molar-refractivity contribution in [1.29, 1.82) is 0 Å². The second-order valence-electron chi connectivity index (χ2n) is 5.01. The number of carbonyl (C=O) groups excluding carboxylic acids is 1. The number of furan rings is 1. The fourth-order valence-electron chi connectivity index (χ4n) is 2.38. The molecule has 6 nitrogen and oxygen atoms in total. The summed E-state index contributed by atoms with van der Waals surface area (Å²) in [7, 11) is 1.59. The zero-order valence-corrected chi connectivity index (χ0v) is 13.3. The predicted molar refractivity (Wildman–Crippen MR) is 83.8 cm³/mol. The van der Waals surface area contributed by atoms with Crippen molar-refractivity contribution in [3.8, 4) is 5.75 Å². The Morgan fingerprint density at radius 1 is 1.26 bits per heavy atom. The van der Waals surface area contributed by atoms with Crippen molar-refractivity contribution in [2.24, 2.45) is 0 Å². The molecule has 0 aliphatic carbocycles. The molecule has 1 amide bonds. The van der Waals surface area contributed by atoms with Crippen molar-refractivity contribution in [2.45, 2.75) is 19.9 Å². The first-order chi connectivity index (χ1) is 11.0. The summed E-state index contributed by atoms with van der Waals surface area (Å²) < 4.78 is 10.3. The molecule has 1 aromatic carbocycles. The van der Waals surface area contributed by atoms with Gasteiger partial charge >= 0.3 is 5.97 Å². The summed E-state index contributed by atoms with van der Waals surface area (Å²) in [6, 6.07) is 9.92. The van der Waals surface area contributed by atoms with E-state index in [4.69, 9.17) is 14.3 Å². The lowest BCUT2D eigenvalue weighted by atomic mass is 10.1. The molecule has 0 aliphatic heterocycles. The van der Waals surface area contributed by atoms with Gasteiger partial charge in [-0.05, 0) is 43.7 Å². The molecule has 0 radical (unpaired) electrons. The van der Waals surface area contributed by atoms with Crippen LogP contribution in [0.15, 0.2) is 40.8 Å². The highest BCUT2D eigenvalue weighted by atomic mass is 16.5. The zero-order valence-electron chi connectivity index (χ0n) is 13.3. The minimum atomic E-state index is -1.20. The van der Waals surface area contributed by atoms with E-state index in [0.717, 1.165) is 5.56 Å². The van der Waals surface area contributed by atoms with E-state index in [1.165, 1.54) is 12.1 Å². The molecule has 2 rings (SSSR count). The Hall–Kier alpha value is -2.76. The van der Waals surface area contributed by atoms with Gasteiger partial charge in [-0.2, -0.15) is 0 Å². The van der Waals surface area contributed by atoms with Crippen LogP contribution in [0.25, 0.3) is 0 Å². The fourth-order valence-corrected chi connectivity index (χ4v) is 2.38. The minimum Gasteiger partial charge on any atom is -0.497 e. The maximum absolute atomic E-state index is 12.6. The maximum atomic E-state index is 12.6. The molecule has 0 fully saturated rings. The number of hydrogen-bond donors (Lipinski definition) is 1. The molecule has 23 heavy (non-hydrogen) atoms. The van der Waals surface area contributed by atoms with Crippen LogP contribution in [-0.4, -0.2) is 35.5 Å². The summed E-state index contributed by atoms with van der Waals surface area (Å²) in [5.41, 5.74) is 0.921. The summed E-state index contributed by atoms with van der Waals surface area (Å²) >= 11 is 0. The molecule has 1 aromatic heterocycles. The normalized spacial score (nSPS) is 11.8. The lowest BCUT2D eigenvalue weighted by Gasteiger charge is -2.27. The highest BCUT2D eigenvalue weighted by Crippen LogP contribution is 2.25. The number of aromatic carboxylic acids is 1. The van der Waals surface area contributed by atoms with E-state index in [-0.39, 0.29) is 23.5 Å². The number of methoxy groups -OCH3 is 1. The molecular formula is C17H19NO5. The van der Waals surface area contributed by atoms with Gasteiger partial charge < -0.3 is 19.2 Å². The number of carbonyl (C=O) groups is 2. The average molecular weight is 317 g/mol. The zero-order chi connectivity index (χ0) is 17.0. The quantitative estimate of drug-likeness (QED) is 0.885. The van der Waals surface area contributed by atoms with Crippen LogP contribution in [-0.2, 0) is 0 Å². The molecule has 1 atom stereocenters. The molecule has 0 aliphatic rings. The van der Waals surface area contributed by atoms with E-state index in [1.54, 1.807) is 12.0 Å². The van der Waals surface area contributed by atoms with E-state index in [1.807, 2.05) is 38.1 Å². The Balaban J connectivity index is 2.26. The van der Waals surface area contributed by atoms with Crippen molar-refractivity contribution in [3.63, 3.8) is 0 Å². The number of hydrogen-bond acceptors (Lipinski definition) is 4.